The average molecular weight is 343 g/mol. The van der Waals surface area contributed by atoms with E-state index >= 15 is 0 Å². The number of hydrogen-bond acceptors (Lipinski definition) is 3. The zero-order valence-corrected chi connectivity index (χ0v) is 13.9. The highest BCUT2D eigenvalue weighted by molar-refractivity contribution is 6.31. The van der Waals surface area contributed by atoms with E-state index in [0.717, 1.165) is 0 Å². The largest absolute Gasteiger partial charge is 0.378 e. The van der Waals surface area contributed by atoms with E-state index in [4.69, 9.17) is 11.6 Å². The molecule has 2 amide bonds. The van der Waals surface area contributed by atoms with Crippen LogP contribution in [0.15, 0.2) is 18.2 Å². The second kappa shape index (κ2) is 6.84. The van der Waals surface area contributed by atoms with Crippen LogP contribution < -0.4 is 0 Å². The van der Waals surface area contributed by atoms with E-state index in [1.165, 1.54) is 35.9 Å². The zero-order chi connectivity index (χ0) is 17.2. The van der Waals surface area contributed by atoms with Crippen molar-refractivity contribution in [1.82, 2.24) is 9.80 Å². The van der Waals surface area contributed by atoms with E-state index in [0.29, 0.717) is 13.0 Å². The molecule has 0 unspecified atom stereocenters. The van der Waals surface area contributed by atoms with Gasteiger partial charge >= 0.3 is 0 Å². The standard InChI is InChI=1S/C16H20ClFN2O3/c1-11(21)20-8-4-7-16(23,10-20)15(22)19(2)9-12-13(17)5-3-6-14(12)18/h3,5-6,23H,4,7-10H2,1-2H3/t16-/m1/s1. The number of likely N-dealkylation sites (tertiary alicyclic amines) is 1. The molecule has 0 radical (unpaired) electrons. The van der Waals surface area contributed by atoms with Crippen LogP contribution >= 0.6 is 11.6 Å². The van der Waals surface area contributed by atoms with E-state index < -0.39 is 17.3 Å². The number of amides is 2. The first-order valence-corrected chi connectivity index (χ1v) is 7.79. The summed E-state index contributed by atoms with van der Waals surface area (Å²) in [6.45, 7) is 1.83. The highest BCUT2D eigenvalue weighted by Gasteiger charge is 2.42. The molecule has 0 saturated carbocycles. The van der Waals surface area contributed by atoms with Crippen molar-refractivity contribution in [2.75, 3.05) is 20.1 Å². The van der Waals surface area contributed by atoms with E-state index in [1.807, 2.05) is 0 Å². The maximum Gasteiger partial charge on any atom is 0.256 e. The number of rotatable bonds is 3. The highest BCUT2D eigenvalue weighted by Crippen LogP contribution is 2.26. The van der Waals surface area contributed by atoms with Gasteiger partial charge in [0.25, 0.3) is 5.91 Å². The van der Waals surface area contributed by atoms with Crippen molar-refractivity contribution in [2.24, 2.45) is 0 Å². The van der Waals surface area contributed by atoms with Gasteiger partial charge in [-0.15, -0.1) is 0 Å². The molecule has 0 aliphatic carbocycles. The third-order valence-corrected chi connectivity index (χ3v) is 4.47. The van der Waals surface area contributed by atoms with Crippen LogP contribution in [0.5, 0.6) is 0 Å². The molecule has 1 saturated heterocycles. The second-order valence-corrected chi connectivity index (χ2v) is 6.34. The number of nitrogens with zero attached hydrogens (tertiary/aromatic N) is 2. The Morgan fingerprint density at radius 2 is 2.17 bits per heavy atom. The summed E-state index contributed by atoms with van der Waals surface area (Å²) in [5.74, 6) is -1.23. The summed E-state index contributed by atoms with van der Waals surface area (Å²) >= 11 is 5.97. The molecule has 7 heteroatoms. The molecule has 126 valence electrons. The molecule has 1 N–H and O–H groups in total. The van der Waals surface area contributed by atoms with Crippen molar-refractivity contribution in [2.45, 2.75) is 31.9 Å². The zero-order valence-electron chi connectivity index (χ0n) is 13.2. The summed E-state index contributed by atoms with van der Waals surface area (Å²) in [5.41, 5.74) is -1.44. The number of carbonyl (C=O) groups is 2. The molecule has 1 aliphatic heterocycles. The van der Waals surface area contributed by atoms with Crippen LogP contribution in [0, 0.1) is 5.82 Å². The van der Waals surface area contributed by atoms with Crippen molar-refractivity contribution < 1.29 is 19.1 Å². The molecule has 0 aromatic heterocycles. The Hall–Kier alpha value is -1.66. The van der Waals surface area contributed by atoms with Gasteiger partial charge in [-0.3, -0.25) is 9.59 Å². The van der Waals surface area contributed by atoms with E-state index in [9.17, 15) is 19.1 Å². The lowest BCUT2D eigenvalue weighted by Crippen LogP contribution is -2.58. The highest BCUT2D eigenvalue weighted by atomic mass is 35.5. The van der Waals surface area contributed by atoms with Crippen LogP contribution in [0.25, 0.3) is 0 Å². The van der Waals surface area contributed by atoms with Crippen molar-refractivity contribution >= 4 is 23.4 Å². The number of likely N-dealkylation sites (N-methyl/N-ethyl adjacent to an activating group) is 1. The van der Waals surface area contributed by atoms with Crippen molar-refractivity contribution in [3.8, 4) is 0 Å². The lowest BCUT2D eigenvalue weighted by atomic mass is 9.91. The molecule has 5 nitrogen and oxygen atoms in total. The molecular formula is C16H20ClFN2O3. The first kappa shape index (κ1) is 17.7. The molecule has 1 heterocycles. The SMILES string of the molecule is CC(=O)N1CCC[C@](O)(C(=O)N(C)Cc2c(F)cccc2Cl)C1. The van der Waals surface area contributed by atoms with Crippen LogP contribution in [-0.2, 0) is 16.1 Å². The fourth-order valence-corrected chi connectivity index (χ4v) is 3.05. The topological polar surface area (TPSA) is 60.9 Å². The Labute approximate surface area is 139 Å². The van der Waals surface area contributed by atoms with Gasteiger partial charge in [-0.1, -0.05) is 17.7 Å². The lowest BCUT2D eigenvalue weighted by molar-refractivity contribution is -0.159. The van der Waals surface area contributed by atoms with E-state index in [1.54, 1.807) is 6.07 Å². The quantitative estimate of drug-likeness (QED) is 0.911. The monoisotopic (exact) mass is 342 g/mol. The van der Waals surface area contributed by atoms with Gasteiger partial charge in [-0.2, -0.15) is 0 Å². The first-order valence-electron chi connectivity index (χ1n) is 7.41. The average Bonchev–Trinajstić information content (AvgIpc) is 2.50. The fraction of sp³-hybridized carbons (Fsp3) is 0.500. The minimum Gasteiger partial charge on any atom is -0.378 e. The van der Waals surface area contributed by atoms with Gasteiger partial charge in [0, 0.05) is 37.6 Å². The number of aliphatic hydroxyl groups is 1. The van der Waals surface area contributed by atoms with Gasteiger partial charge in [-0.25, -0.2) is 4.39 Å². The molecule has 1 aromatic carbocycles. The number of carbonyl (C=O) groups excluding carboxylic acids is 2. The molecule has 2 rings (SSSR count). The summed E-state index contributed by atoms with van der Waals surface area (Å²) in [4.78, 5) is 26.8. The summed E-state index contributed by atoms with van der Waals surface area (Å²) < 4.78 is 13.8. The fourth-order valence-electron chi connectivity index (χ4n) is 2.83. The first-order chi connectivity index (χ1) is 10.7. The van der Waals surface area contributed by atoms with Crippen LogP contribution in [0.1, 0.15) is 25.3 Å². The van der Waals surface area contributed by atoms with Crippen LogP contribution in [0.4, 0.5) is 4.39 Å². The smallest absolute Gasteiger partial charge is 0.256 e. The molecule has 0 bridgehead atoms. The van der Waals surface area contributed by atoms with Crippen molar-refractivity contribution in [1.29, 1.82) is 0 Å². The van der Waals surface area contributed by atoms with Gasteiger partial charge in [0.15, 0.2) is 5.60 Å². The van der Waals surface area contributed by atoms with E-state index in [2.05, 4.69) is 0 Å². The molecule has 1 atom stereocenters. The third kappa shape index (κ3) is 3.82. The second-order valence-electron chi connectivity index (χ2n) is 5.94. The Morgan fingerprint density at radius 1 is 1.48 bits per heavy atom. The minimum absolute atomic E-state index is 0.0451. The maximum absolute atomic E-state index is 13.8. The predicted octanol–water partition coefficient (Wildman–Crippen LogP) is 1.81. The normalized spacial score (nSPS) is 21.2. The summed E-state index contributed by atoms with van der Waals surface area (Å²) in [5, 5.41) is 10.9. The van der Waals surface area contributed by atoms with Crippen LogP contribution in [0.3, 0.4) is 0 Å². The van der Waals surface area contributed by atoms with E-state index in [-0.39, 0.29) is 36.0 Å². The molecule has 23 heavy (non-hydrogen) atoms. The van der Waals surface area contributed by atoms with Gasteiger partial charge in [-0.05, 0) is 25.0 Å². The molecular weight excluding hydrogens is 323 g/mol. The Kier molecular flexibility index (Phi) is 5.26. The van der Waals surface area contributed by atoms with Gasteiger partial charge in [0.05, 0.1) is 6.54 Å². The molecule has 0 spiro atoms. The van der Waals surface area contributed by atoms with Gasteiger partial charge < -0.3 is 14.9 Å². The minimum atomic E-state index is -1.64. The van der Waals surface area contributed by atoms with Crippen molar-refractivity contribution in [3.63, 3.8) is 0 Å². The maximum atomic E-state index is 13.8. The number of β-amino-alcohol motifs (C(OH)–C–C–N with tert-alkyl or cyclic N) is 1. The third-order valence-electron chi connectivity index (χ3n) is 4.12. The number of hydrogen-bond donors (Lipinski definition) is 1. The van der Waals surface area contributed by atoms with Crippen LogP contribution in [-0.4, -0.2) is 52.5 Å². The number of benzene rings is 1. The van der Waals surface area contributed by atoms with Gasteiger partial charge in [0.1, 0.15) is 5.82 Å². The Balaban J connectivity index is 2.14. The van der Waals surface area contributed by atoms with Crippen LogP contribution in [0.2, 0.25) is 5.02 Å². The molecule has 1 aliphatic rings. The Bertz CT molecular complexity index is 605. The number of piperidine rings is 1. The number of halogens is 2. The molecule has 1 fully saturated rings. The molecule has 1 aromatic rings. The summed E-state index contributed by atoms with van der Waals surface area (Å²) in [7, 11) is 1.48. The predicted molar refractivity (Wildman–Crippen MR) is 84.3 cm³/mol. The summed E-state index contributed by atoms with van der Waals surface area (Å²) in [6, 6.07) is 4.31. The summed E-state index contributed by atoms with van der Waals surface area (Å²) in [6.07, 6.45) is 0.807. The lowest BCUT2D eigenvalue weighted by Gasteiger charge is -2.39. The van der Waals surface area contributed by atoms with Gasteiger partial charge in [0.2, 0.25) is 5.91 Å². The Morgan fingerprint density at radius 3 is 2.78 bits per heavy atom. The van der Waals surface area contributed by atoms with Crippen molar-refractivity contribution in [3.05, 3.63) is 34.6 Å².